The SMILES string of the molecule is NC(CO)C(=O)N1CCCC1C(=O)NC(CC(=O)O)C(=O)NC(Cc1cnc[nH]1)C(=O)O. The lowest BCUT2D eigenvalue weighted by Crippen LogP contribution is -2.57. The zero-order chi connectivity index (χ0) is 23.8. The Balaban J connectivity index is 2.10. The van der Waals surface area contributed by atoms with Gasteiger partial charge in [0.25, 0.3) is 0 Å². The molecule has 1 saturated heterocycles. The smallest absolute Gasteiger partial charge is 0.326 e. The number of aliphatic hydroxyl groups excluding tert-OH is 1. The third-order valence-electron chi connectivity index (χ3n) is 4.96. The van der Waals surface area contributed by atoms with E-state index < -0.39 is 66.9 Å². The van der Waals surface area contributed by atoms with E-state index in [0.717, 1.165) is 0 Å². The summed E-state index contributed by atoms with van der Waals surface area (Å²) in [6, 6.07) is -5.18. The van der Waals surface area contributed by atoms with Crippen molar-refractivity contribution in [2.24, 2.45) is 5.73 Å². The number of hydrogen-bond acceptors (Lipinski definition) is 8. The summed E-state index contributed by atoms with van der Waals surface area (Å²) in [6.45, 7) is -0.397. The molecule has 1 fully saturated rings. The van der Waals surface area contributed by atoms with E-state index in [-0.39, 0.29) is 19.4 Å². The van der Waals surface area contributed by atoms with Crippen LogP contribution in [0, 0.1) is 0 Å². The van der Waals surface area contributed by atoms with Gasteiger partial charge in [0.15, 0.2) is 0 Å². The molecule has 0 spiro atoms. The van der Waals surface area contributed by atoms with Gasteiger partial charge in [-0.05, 0) is 12.8 Å². The lowest BCUT2D eigenvalue weighted by atomic mass is 10.1. The van der Waals surface area contributed by atoms with Gasteiger partial charge in [-0.1, -0.05) is 0 Å². The first kappa shape index (κ1) is 24.7. The number of nitrogens with zero attached hydrogens (tertiary/aromatic N) is 2. The number of carbonyl (C=O) groups excluding carboxylic acids is 3. The second-order valence-corrected chi connectivity index (χ2v) is 7.32. The molecule has 2 heterocycles. The average molecular weight is 454 g/mol. The van der Waals surface area contributed by atoms with Gasteiger partial charge in [-0.15, -0.1) is 0 Å². The number of H-pyrrole nitrogens is 1. The number of carboxylic acids is 2. The minimum absolute atomic E-state index is 0.140. The largest absolute Gasteiger partial charge is 0.481 e. The molecule has 0 saturated carbocycles. The number of carboxylic acid groups (broad SMARTS) is 2. The van der Waals surface area contributed by atoms with E-state index in [0.29, 0.717) is 12.1 Å². The molecule has 4 atom stereocenters. The molecule has 14 heteroatoms. The van der Waals surface area contributed by atoms with E-state index in [1.165, 1.54) is 17.4 Å². The Labute approximate surface area is 182 Å². The second-order valence-electron chi connectivity index (χ2n) is 7.32. The first-order valence-corrected chi connectivity index (χ1v) is 9.83. The van der Waals surface area contributed by atoms with Crippen molar-refractivity contribution in [2.75, 3.05) is 13.2 Å². The summed E-state index contributed by atoms with van der Waals surface area (Å²) in [6.07, 6.45) is 2.50. The van der Waals surface area contributed by atoms with Crippen LogP contribution in [0.2, 0.25) is 0 Å². The number of nitrogens with one attached hydrogen (secondary N) is 3. The Hall–Kier alpha value is -3.52. The van der Waals surface area contributed by atoms with Gasteiger partial charge >= 0.3 is 11.9 Å². The number of likely N-dealkylation sites (tertiary alicyclic amines) is 1. The lowest BCUT2D eigenvalue weighted by Gasteiger charge is -2.28. The first-order valence-electron chi connectivity index (χ1n) is 9.83. The number of imidazole rings is 1. The number of aliphatic carboxylic acids is 2. The number of aliphatic hydroxyl groups is 1. The van der Waals surface area contributed by atoms with Crippen LogP contribution in [0.3, 0.4) is 0 Å². The quantitative estimate of drug-likeness (QED) is 0.177. The van der Waals surface area contributed by atoms with Gasteiger partial charge < -0.3 is 41.6 Å². The Morgan fingerprint density at radius 1 is 1.22 bits per heavy atom. The monoisotopic (exact) mass is 454 g/mol. The highest BCUT2D eigenvalue weighted by Crippen LogP contribution is 2.18. The summed E-state index contributed by atoms with van der Waals surface area (Å²) in [5, 5.41) is 32.1. The molecule has 0 radical (unpaired) electrons. The van der Waals surface area contributed by atoms with Crippen LogP contribution in [0.15, 0.2) is 12.5 Å². The van der Waals surface area contributed by atoms with Gasteiger partial charge in [0.1, 0.15) is 24.2 Å². The summed E-state index contributed by atoms with van der Waals surface area (Å²) in [4.78, 5) is 68.0. The fourth-order valence-corrected chi connectivity index (χ4v) is 3.33. The summed E-state index contributed by atoms with van der Waals surface area (Å²) in [5.41, 5.74) is 5.96. The van der Waals surface area contributed by atoms with Gasteiger partial charge in [-0.3, -0.25) is 19.2 Å². The number of rotatable bonds is 11. The average Bonchev–Trinajstić information content (AvgIpc) is 3.43. The molecule has 1 aromatic rings. The third-order valence-corrected chi connectivity index (χ3v) is 4.96. The second kappa shape index (κ2) is 11.2. The summed E-state index contributed by atoms with van der Waals surface area (Å²) in [7, 11) is 0. The van der Waals surface area contributed by atoms with Gasteiger partial charge in [-0.25, -0.2) is 9.78 Å². The van der Waals surface area contributed by atoms with Gasteiger partial charge in [-0.2, -0.15) is 0 Å². The molecular weight excluding hydrogens is 428 g/mol. The summed E-state index contributed by atoms with van der Waals surface area (Å²) >= 11 is 0. The lowest BCUT2D eigenvalue weighted by molar-refractivity contribution is -0.145. The van der Waals surface area contributed by atoms with E-state index in [2.05, 4.69) is 20.6 Å². The maximum atomic E-state index is 12.7. The number of amides is 3. The van der Waals surface area contributed by atoms with Gasteiger partial charge in [0.2, 0.25) is 17.7 Å². The van der Waals surface area contributed by atoms with Crippen LogP contribution in [0.25, 0.3) is 0 Å². The van der Waals surface area contributed by atoms with Gasteiger partial charge in [0, 0.05) is 24.9 Å². The van der Waals surface area contributed by atoms with Crippen LogP contribution in [-0.2, 0) is 30.4 Å². The van der Waals surface area contributed by atoms with Crippen molar-refractivity contribution in [1.29, 1.82) is 0 Å². The zero-order valence-corrected chi connectivity index (χ0v) is 17.1. The fourth-order valence-electron chi connectivity index (χ4n) is 3.33. The number of carbonyl (C=O) groups is 5. The van der Waals surface area contributed by atoms with Crippen LogP contribution < -0.4 is 16.4 Å². The van der Waals surface area contributed by atoms with Crippen LogP contribution in [0.5, 0.6) is 0 Å². The molecule has 32 heavy (non-hydrogen) atoms. The van der Waals surface area contributed by atoms with Crippen molar-refractivity contribution in [3.8, 4) is 0 Å². The molecule has 3 amide bonds. The molecule has 1 aromatic heterocycles. The van der Waals surface area contributed by atoms with E-state index in [1.807, 2.05) is 0 Å². The summed E-state index contributed by atoms with van der Waals surface area (Å²) < 4.78 is 0. The zero-order valence-electron chi connectivity index (χ0n) is 17.1. The first-order chi connectivity index (χ1) is 15.1. The number of hydrogen-bond donors (Lipinski definition) is 7. The molecule has 1 aliphatic heterocycles. The van der Waals surface area contributed by atoms with Crippen LogP contribution >= 0.6 is 0 Å². The molecule has 4 unspecified atom stereocenters. The van der Waals surface area contributed by atoms with Gasteiger partial charge in [0.05, 0.1) is 19.4 Å². The van der Waals surface area contributed by atoms with Crippen molar-refractivity contribution < 1.29 is 39.3 Å². The number of aromatic nitrogens is 2. The minimum atomic E-state index is -1.58. The number of aromatic amines is 1. The Morgan fingerprint density at radius 3 is 2.50 bits per heavy atom. The van der Waals surface area contributed by atoms with Crippen molar-refractivity contribution in [2.45, 2.75) is 49.9 Å². The molecule has 0 aromatic carbocycles. The van der Waals surface area contributed by atoms with Crippen LogP contribution in [0.1, 0.15) is 25.0 Å². The molecule has 14 nitrogen and oxygen atoms in total. The molecular formula is C18H26N6O8. The topological polar surface area (TPSA) is 228 Å². The molecule has 0 bridgehead atoms. The molecule has 176 valence electrons. The Bertz CT molecular complexity index is 845. The highest BCUT2D eigenvalue weighted by atomic mass is 16.4. The molecule has 1 aliphatic rings. The van der Waals surface area contributed by atoms with E-state index in [9.17, 15) is 29.1 Å². The molecule has 2 rings (SSSR count). The standard InChI is InChI=1S/C18H26N6O8/c19-10(7-25)17(30)24-3-1-2-13(24)16(29)22-11(5-14(26)27)15(28)23-12(18(31)32)4-9-6-20-8-21-9/h6,8,10-13,25H,1-5,7,19H2,(H,20,21)(H,22,29)(H,23,28)(H,26,27)(H,31,32). The highest BCUT2D eigenvalue weighted by Gasteiger charge is 2.38. The highest BCUT2D eigenvalue weighted by molar-refractivity contribution is 5.95. The predicted molar refractivity (Wildman–Crippen MR) is 106 cm³/mol. The van der Waals surface area contributed by atoms with Crippen molar-refractivity contribution in [3.05, 3.63) is 18.2 Å². The normalized spacial score (nSPS) is 18.4. The number of nitrogens with two attached hydrogens (primary N) is 1. The van der Waals surface area contributed by atoms with Crippen LogP contribution in [-0.4, -0.2) is 97.2 Å². The van der Waals surface area contributed by atoms with E-state index in [4.69, 9.17) is 15.9 Å². The molecule has 8 N–H and O–H groups in total. The Morgan fingerprint density at radius 2 is 1.94 bits per heavy atom. The molecule has 0 aliphatic carbocycles. The van der Waals surface area contributed by atoms with E-state index >= 15 is 0 Å². The summed E-state index contributed by atoms with van der Waals surface area (Å²) in [5.74, 6) is -5.18. The van der Waals surface area contributed by atoms with Crippen molar-refractivity contribution >= 4 is 29.7 Å². The predicted octanol–water partition coefficient (Wildman–Crippen LogP) is -3.21. The van der Waals surface area contributed by atoms with Crippen LogP contribution in [0.4, 0.5) is 0 Å². The third kappa shape index (κ3) is 6.49. The maximum absolute atomic E-state index is 12.7. The van der Waals surface area contributed by atoms with Crippen molar-refractivity contribution in [1.82, 2.24) is 25.5 Å². The van der Waals surface area contributed by atoms with Crippen molar-refractivity contribution in [3.63, 3.8) is 0 Å². The van der Waals surface area contributed by atoms with E-state index in [1.54, 1.807) is 0 Å². The Kier molecular flexibility index (Phi) is 8.66. The maximum Gasteiger partial charge on any atom is 0.326 e. The fraction of sp³-hybridized carbons (Fsp3) is 0.556. The minimum Gasteiger partial charge on any atom is -0.481 e.